The molecule has 4 aromatic rings. The second-order valence-corrected chi connectivity index (χ2v) is 12.7. The van der Waals surface area contributed by atoms with E-state index >= 15 is 0 Å². The number of unbranched alkanes of at least 4 members (excludes halogenated alkanes) is 2. The number of rotatable bonds is 16. The van der Waals surface area contributed by atoms with Gasteiger partial charge in [-0.1, -0.05) is 18.6 Å². The van der Waals surface area contributed by atoms with Crippen LogP contribution in [0.4, 0.5) is 22.9 Å². The number of nitrogens with zero attached hydrogens (tertiary/aromatic N) is 6. The minimum absolute atomic E-state index is 0.00228. The largest absolute Gasteiger partial charge is 0.494 e. The summed E-state index contributed by atoms with van der Waals surface area (Å²) in [7, 11) is 4.74. The molecule has 1 atom stereocenters. The first kappa shape index (κ1) is 38.0. The summed E-state index contributed by atoms with van der Waals surface area (Å²) < 4.78 is 7.25. The molecule has 2 aromatic heterocycles. The normalized spacial score (nSPS) is 15.0. The highest BCUT2D eigenvalue weighted by Gasteiger charge is 2.45. The van der Waals surface area contributed by atoms with Crippen molar-refractivity contribution >= 4 is 58.3 Å². The molecule has 19 heteroatoms. The number of aryl methyl sites for hydroxylation is 1. The van der Waals surface area contributed by atoms with Crippen LogP contribution in [-0.2, 0) is 21.4 Å². The molecule has 0 radical (unpaired) electrons. The number of carbonyl (C=O) groups excluding carboxylic acids is 6. The smallest absolute Gasteiger partial charge is 0.273 e. The van der Waals surface area contributed by atoms with Crippen molar-refractivity contribution in [1.82, 2.24) is 45.8 Å². The van der Waals surface area contributed by atoms with Gasteiger partial charge >= 0.3 is 0 Å². The van der Waals surface area contributed by atoms with Crippen LogP contribution in [0.5, 0.6) is 5.75 Å². The Morgan fingerprint density at radius 1 is 0.945 bits per heavy atom. The number of methoxy groups -OCH3 is 1. The van der Waals surface area contributed by atoms with Crippen molar-refractivity contribution in [2.45, 2.75) is 38.1 Å². The molecule has 1 fully saturated rings. The van der Waals surface area contributed by atoms with E-state index in [0.29, 0.717) is 41.6 Å². The van der Waals surface area contributed by atoms with Crippen LogP contribution >= 0.6 is 0 Å². The average Bonchev–Trinajstić information content (AvgIpc) is 3.72. The number of piperidine rings is 1. The van der Waals surface area contributed by atoms with E-state index in [1.54, 1.807) is 48.4 Å². The van der Waals surface area contributed by atoms with Gasteiger partial charge in [-0.25, -0.2) is 4.98 Å². The molecule has 2 aliphatic rings. The van der Waals surface area contributed by atoms with E-state index in [9.17, 15) is 28.8 Å². The van der Waals surface area contributed by atoms with Gasteiger partial charge in [0.15, 0.2) is 23.1 Å². The Hall–Kier alpha value is -6.76. The standard InChI is InChI=1S/C36H40N12O7/c1-37-34(52)30-24(41-23-12-8-10-21(31(23)55-3)32-40-19-47(2)46-32)17-26(44-45-30)42-28(50)18-38-15-5-4-6-16-39-22-11-7-9-20-29(22)36(54)48(35(20)53)25-13-14-27(49)43-33(25)51/h7-12,17,19,25,38-39H,4-6,13-16,18H2,1-3H3,(H,37,52)(H,43,49,51)(H2,41,42,44,50). The minimum atomic E-state index is -1.03. The summed E-state index contributed by atoms with van der Waals surface area (Å²) in [5.41, 5.74) is 2.34. The van der Waals surface area contributed by atoms with Gasteiger partial charge in [-0.2, -0.15) is 5.10 Å². The zero-order valence-electron chi connectivity index (χ0n) is 30.4. The Kier molecular flexibility index (Phi) is 11.7. The summed E-state index contributed by atoms with van der Waals surface area (Å²) in [5.74, 6) is -2.04. The molecule has 1 unspecified atom stereocenters. The van der Waals surface area contributed by atoms with Crippen molar-refractivity contribution in [3.05, 3.63) is 65.6 Å². The molecule has 55 heavy (non-hydrogen) atoms. The monoisotopic (exact) mass is 752 g/mol. The fourth-order valence-corrected chi connectivity index (χ4v) is 6.30. The van der Waals surface area contributed by atoms with E-state index in [4.69, 9.17) is 4.74 Å². The van der Waals surface area contributed by atoms with Crippen LogP contribution in [0.25, 0.3) is 11.4 Å². The van der Waals surface area contributed by atoms with E-state index in [2.05, 4.69) is 52.2 Å². The number of aromatic nitrogens is 5. The molecule has 0 bridgehead atoms. The Balaban J connectivity index is 0.971. The van der Waals surface area contributed by atoms with Crippen LogP contribution in [0.1, 0.15) is 63.3 Å². The summed E-state index contributed by atoms with van der Waals surface area (Å²) in [6, 6.07) is 10.8. The van der Waals surface area contributed by atoms with E-state index < -0.39 is 35.6 Å². The number of hydrogen-bond acceptors (Lipinski definition) is 14. The van der Waals surface area contributed by atoms with Crippen LogP contribution in [0.15, 0.2) is 48.8 Å². The number of nitrogens with one attached hydrogen (secondary N) is 6. The maximum atomic E-state index is 13.3. The third kappa shape index (κ3) is 8.41. The molecule has 6 amide bonds. The van der Waals surface area contributed by atoms with Crippen molar-refractivity contribution in [2.24, 2.45) is 7.05 Å². The van der Waals surface area contributed by atoms with E-state index in [1.807, 2.05) is 6.07 Å². The van der Waals surface area contributed by atoms with Gasteiger partial charge in [-0.15, -0.1) is 10.2 Å². The van der Waals surface area contributed by atoms with Crippen molar-refractivity contribution in [2.75, 3.05) is 49.7 Å². The van der Waals surface area contributed by atoms with Gasteiger partial charge in [0.25, 0.3) is 17.7 Å². The molecule has 6 rings (SSSR count). The van der Waals surface area contributed by atoms with Crippen LogP contribution in [0.3, 0.4) is 0 Å². The predicted molar refractivity (Wildman–Crippen MR) is 199 cm³/mol. The molecule has 0 spiro atoms. The fraction of sp³-hybridized carbons (Fsp3) is 0.333. The zero-order valence-corrected chi connectivity index (χ0v) is 30.4. The van der Waals surface area contributed by atoms with Crippen LogP contribution in [0, 0.1) is 0 Å². The number of fused-ring (bicyclic) bond motifs is 1. The molecule has 19 nitrogen and oxygen atoms in total. The number of carbonyl (C=O) groups is 6. The maximum absolute atomic E-state index is 13.3. The quantitative estimate of drug-likeness (QED) is 0.0704. The van der Waals surface area contributed by atoms with Crippen molar-refractivity contribution in [1.29, 1.82) is 0 Å². The Morgan fingerprint density at radius 2 is 1.71 bits per heavy atom. The van der Waals surface area contributed by atoms with Gasteiger partial charge in [0.1, 0.15) is 12.4 Å². The van der Waals surface area contributed by atoms with Gasteiger partial charge in [0.05, 0.1) is 41.7 Å². The maximum Gasteiger partial charge on any atom is 0.273 e. The van der Waals surface area contributed by atoms with E-state index in [0.717, 1.165) is 24.2 Å². The Morgan fingerprint density at radius 3 is 2.44 bits per heavy atom. The predicted octanol–water partition coefficient (Wildman–Crippen LogP) is 1.60. The lowest BCUT2D eigenvalue weighted by Crippen LogP contribution is -2.54. The number of para-hydroxylation sites is 1. The topological polar surface area (TPSA) is 244 Å². The molecule has 2 aromatic carbocycles. The first-order valence-electron chi connectivity index (χ1n) is 17.6. The van der Waals surface area contributed by atoms with Gasteiger partial charge < -0.3 is 31.3 Å². The summed E-state index contributed by atoms with van der Waals surface area (Å²) in [6.07, 6.45) is 4.01. The molecule has 1 saturated heterocycles. The summed E-state index contributed by atoms with van der Waals surface area (Å²) >= 11 is 0. The first-order chi connectivity index (χ1) is 26.6. The second-order valence-electron chi connectivity index (χ2n) is 12.7. The summed E-state index contributed by atoms with van der Waals surface area (Å²) in [4.78, 5) is 81.0. The third-order valence-corrected chi connectivity index (χ3v) is 8.93. The zero-order chi connectivity index (χ0) is 39.1. The molecule has 2 aliphatic heterocycles. The number of amides is 6. The van der Waals surface area contributed by atoms with Crippen molar-refractivity contribution in [3.8, 4) is 17.1 Å². The number of benzene rings is 2. The van der Waals surface area contributed by atoms with Gasteiger partial charge in [0.2, 0.25) is 17.7 Å². The number of ether oxygens (including phenoxy) is 1. The summed E-state index contributed by atoms with van der Waals surface area (Å²) in [5, 5.41) is 29.4. The molecular formula is C36H40N12O7. The van der Waals surface area contributed by atoms with Crippen LogP contribution in [-0.4, -0.2) is 105 Å². The minimum Gasteiger partial charge on any atom is -0.494 e. The molecule has 6 N–H and O–H groups in total. The first-order valence-corrected chi connectivity index (χ1v) is 17.6. The molecular weight excluding hydrogens is 712 g/mol. The van der Waals surface area contributed by atoms with Crippen molar-refractivity contribution in [3.63, 3.8) is 0 Å². The number of imide groups is 2. The van der Waals surface area contributed by atoms with Crippen LogP contribution in [0.2, 0.25) is 0 Å². The molecule has 4 heterocycles. The highest BCUT2D eigenvalue weighted by atomic mass is 16.5. The highest BCUT2D eigenvalue weighted by Crippen LogP contribution is 2.37. The molecule has 286 valence electrons. The van der Waals surface area contributed by atoms with Gasteiger partial charge in [-0.05, 0) is 50.1 Å². The average molecular weight is 753 g/mol. The van der Waals surface area contributed by atoms with Gasteiger partial charge in [-0.3, -0.25) is 43.7 Å². The summed E-state index contributed by atoms with van der Waals surface area (Å²) in [6.45, 7) is 1.08. The fourth-order valence-electron chi connectivity index (χ4n) is 6.30. The molecule has 0 aliphatic carbocycles. The van der Waals surface area contributed by atoms with Crippen LogP contribution < -0.4 is 36.6 Å². The SMILES string of the molecule is CNC(=O)c1nnc(NC(=O)CNCCCCCNc2cccc3c2C(=O)N(C2CCC(=O)NC2=O)C3=O)cc1Nc1cccc(-c2ncn(C)n2)c1OC. The Bertz CT molecular complexity index is 2150. The highest BCUT2D eigenvalue weighted by molar-refractivity contribution is 6.25. The number of anilines is 4. The second kappa shape index (κ2) is 16.9. The third-order valence-electron chi connectivity index (χ3n) is 8.93. The van der Waals surface area contributed by atoms with Crippen molar-refractivity contribution < 1.29 is 33.5 Å². The van der Waals surface area contributed by atoms with E-state index in [-0.39, 0.29) is 53.6 Å². The number of hydrogen-bond donors (Lipinski definition) is 6. The van der Waals surface area contributed by atoms with Gasteiger partial charge in [0, 0.05) is 38.8 Å². The van der Waals surface area contributed by atoms with E-state index in [1.165, 1.54) is 20.2 Å². The Labute approximate surface area is 315 Å². The lowest BCUT2D eigenvalue weighted by Gasteiger charge is -2.27. The lowest BCUT2D eigenvalue weighted by atomic mass is 10.0. The molecule has 0 saturated carbocycles. The lowest BCUT2D eigenvalue weighted by molar-refractivity contribution is -0.136.